The van der Waals surface area contributed by atoms with Crippen LogP contribution < -0.4 is 15.5 Å². The highest BCUT2D eigenvalue weighted by atomic mass is 15.2. The molecule has 1 fully saturated rings. The molecule has 0 saturated carbocycles. The number of anilines is 2. The predicted octanol–water partition coefficient (Wildman–Crippen LogP) is 1.54. The largest absolute Gasteiger partial charge is 0.382 e. The van der Waals surface area contributed by atoms with E-state index in [0.717, 1.165) is 31.7 Å². The van der Waals surface area contributed by atoms with Gasteiger partial charge in [0.05, 0.1) is 23.0 Å². The molecule has 0 aromatic heterocycles. The highest BCUT2D eigenvalue weighted by Crippen LogP contribution is 2.33. The van der Waals surface area contributed by atoms with E-state index in [4.69, 9.17) is 5.26 Å². The molecule has 2 N–H and O–H groups in total. The quantitative estimate of drug-likeness (QED) is 0.784. The summed E-state index contributed by atoms with van der Waals surface area (Å²) in [7, 11) is 0. The molecule has 94 valence electrons. The average molecular weight is 242 g/mol. The van der Waals surface area contributed by atoms with Gasteiger partial charge in [0, 0.05) is 19.1 Å². The van der Waals surface area contributed by atoms with Crippen molar-refractivity contribution >= 4 is 11.4 Å². The van der Waals surface area contributed by atoms with E-state index >= 15 is 0 Å². The summed E-state index contributed by atoms with van der Waals surface area (Å²) < 4.78 is 0. The van der Waals surface area contributed by atoms with Crippen LogP contribution in [-0.4, -0.2) is 32.2 Å². The topological polar surface area (TPSA) is 51.1 Å². The number of nitriles is 1. The van der Waals surface area contributed by atoms with Crippen LogP contribution in [-0.2, 0) is 0 Å². The fraction of sp³-hybridized carbons (Fsp3) is 0.500. The summed E-state index contributed by atoms with van der Waals surface area (Å²) in [5.74, 6) is 0. The van der Waals surface area contributed by atoms with E-state index in [0.29, 0.717) is 6.04 Å². The van der Waals surface area contributed by atoms with E-state index in [1.54, 1.807) is 0 Å². The molecule has 1 saturated heterocycles. The van der Waals surface area contributed by atoms with E-state index in [1.165, 1.54) is 24.2 Å². The van der Waals surface area contributed by atoms with E-state index in [9.17, 15) is 0 Å². The third-order valence-electron chi connectivity index (χ3n) is 3.85. The predicted molar refractivity (Wildman–Crippen MR) is 72.9 cm³/mol. The van der Waals surface area contributed by atoms with Gasteiger partial charge in [-0.05, 0) is 44.1 Å². The summed E-state index contributed by atoms with van der Waals surface area (Å²) in [6, 6.07) is 8.78. The van der Waals surface area contributed by atoms with Crippen molar-refractivity contribution in [2.45, 2.75) is 18.9 Å². The smallest absolute Gasteiger partial charge is 0.0992 e. The summed E-state index contributed by atoms with van der Waals surface area (Å²) in [6.45, 7) is 4.22. The molecular formula is C14H18N4. The van der Waals surface area contributed by atoms with Crippen molar-refractivity contribution in [1.82, 2.24) is 5.32 Å². The molecule has 3 rings (SSSR count). The Labute approximate surface area is 108 Å². The summed E-state index contributed by atoms with van der Waals surface area (Å²) in [6.07, 6.45) is 2.38. The van der Waals surface area contributed by atoms with Gasteiger partial charge in [-0.25, -0.2) is 0 Å². The van der Waals surface area contributed by atoms with Crippen molar-refractivity contribution in [3.05, 3.63) is 23.8 Å². The van der Waals surface area contributed by atoms with Gasteiger partial charge < -0.3 is 15.5 Å². The number of hydrogen-bond acceptors (Lipinski definition) is 4. The van der Waals surface area contributed by atoms with Crippen molar-refractivity contribution < 1.29 is 0 Å². The van der Waals surface area contributed by atoms with E-state index < -0.39 is 0 Å². The zero-order valence-electron chi connectivity index (χ0n) is 10.4. The van der Waals surface area contributed by atoms with E-state index in [2.05, 4.69) is 21.6 Å². The molecule has 2 heterocycles. The minimum atomic E-state index is 0.612. The number of piperidine rings is 1. The lowest BCUT2D eigenvalue weighted by molar-refractivity contribution is 0.430. The molecule has 0 radical (unpaired) electrons. The maximum absolute atomic E-state index is 9.04. The monoisotopic (exact) mass is 242 g/mol. The van der Waals surface area contributed by atoms with Crippen LogP contribution in [0.2, 0.25) is 0 Å². The fourth-order valence-corrected chi connectivity index (χ4v) is 2.92. The average Bonchev–Trinajstić information content (AvgIpc) is 2.47. The van der Waals surface area contributed by atoms with Crippen LogP contribution in [0.4, 0.5) is 11.4 Å². The maximum atomic E-state index is 9.04. The molecule has 0 atom stereocenters. The maximum Gasteiger partial charge on any atom is 0.0992 e. The molecule has 2 aliphatic rings. The minimum Gasteiger partial charge on any atom is -0.382 e. The SMILES string of the molecule is N#Cc1ccc2c(c1)N(C1CCNCC1)CCN2. The van der Waals surface area contributed by atoms with Crippen LogP contribution in [0, 0.1) is 11.3 Å². The number of fused-ring (bicyclic) bond motifs is 1. The van der Waals surface area contributed by atoms with Gasteiger partial charge in [0.1, 0.15) is 0 Å². The molecule has 0 amide bonds. The third kappa shape index (κ3) is 2.02. The second kappa shape index (κ2) is 4.87. The molecule has 4 nitrogen and oxygen atoms in total. The van der Waals surface area contributed by atoms with Crippen molar-refractivity contribution in [3.8, 4) is 6.07 Å². The number of rotatable bonds is 1. The van der Waals surface area contributed by atoms with Crippen LogP contribution in [0.25, 0.3) is 0 Å². The van der Waals surface area contributed by atoms with Crippen LogP contribution in [0.5, 0.6) is 0 Å². The number of hydrogen-bond donors (Lipinski definition) is 2. The van der Waals surface area contributed by atoms with Gasteiger partial charge in [0.15, 0.2) is 0 Å². The Hall–Kier alpha value is -1.73. The normalized spacial score (nSPS) is 19.8. The van der Waals surface area contributed by atoms with Crippen LogP contribution in [0.3, 0.4) is 0 Å². The molecule has 0 bridgehead atoms. The van der Waals surface area contributed by atoms with E-state index in [1.807, 2.05) is 18.2 Å². The van der Waals surface area contributed by atoms with Gasteiger partial charge in [-0.2, -0.15) is 5.26 Å². The summed E-state index contributed by atoms with van der Waals surface area (Å²) in [4.78, 5) is 2.48. The lowest BCUT2D eigenvalue weighted by atomic mass is 10.0. The molecule has 1 aromatic rings. The molecule has 18 heavy (non-hydrogen) atoms. The van der Waals surface area contributed by atoms with Gasteiger partial charge in [0.25, 0.3) is 0 Å². The van der Waals surface area contributed by atoms with Gasteiger partial charge >= 0.3 is 0 Å². The molecule has 1 aromatic carbocycles. The Kier molecular flexibility index (Phi) is 3.07. The standard InChI is InChI=1S/C14H18N4/c15-10-11-1-2-13-14(9-11)18(8-7-17-13)12-3-5-16-6-4-12/h1-2,9,12,16-17H,3-8H2. The number of nitrogens with one attached hydrogen (secondary N) is 2. The first-order chi connectivity index (χ1) is 8.88. The van der Waals surface area contributed by atoms with Crippen molar-refractivity contribution in [2.24, 2.45) is 0 Å². The molecule has 0 aliphatic carbocycles. The number of benzene rings is 1. The van der Waals surface area contributed by atoms with E-state index in [-0.39, 0.29) is 0 Å². The molecule has 2 aliphatic heterocycles. The Bertz CT molecular complexity index is 471. The number of nitrogens with zero attached hydrogens (tertiary/aromatic N) is 2. The van der Waals surface area contributed by atoms with Gasteiger partial charge in [-0.1, -0.05) is 0 Å². The Morgan fingerprint density at radius 2 is 2.06 bits per heavy atom. The van der Waals surface area contributed by atoms with Crippen LogP contribution in [0.15, 0.2) is 18.2 Å². The lowest BCUT2D eigenvalue weighted by Crippen LogP contribution is -2.47. The summed E-state index contributed by atoms with van der Waals surface area (Å²) >= 11 is 0. The molecule has 0 unspecified atom stereocenters. The Morgan fingerprint density at radius 1 is 1.22 bits per heavy atom. The second-order valence-electron chi connectivity index (χ2n) is 4.95. The first kappa shape index (κ1) is 11.4. The first-order valence-corrected chi connectivity index (χ1v) is 6.64. The summed E-state index contributed by atoms with van der Waals surface area (Å²) in [5.41, 5.74) is 3.11. The van der Waals surface area contributed by atoms with Crippen molar-refractivity contribution in [2.75, 3.05) is 36.4 Å². The van der Waals surface area contributed by atoms with Crippen molar-refractivity contribution in [3.63, 3.8) is 0 Å². The highest BCUT2D eigenvalue weighted by Gasteiger charge is 2.25. The minimum absolute atomic E-state index is 0.612. The summed E-state index contributed by atoms with van der Waals surface area (Å²) in [5, 5.41) is 15.9. The van der Waals surface area contributed by atoms with Crippen LogP contribution in [0.1, 0.15) is 18.4 Å². The van der Waals surface area contributed by atoms with Crippen LogP contribution >= 0.6 is 0 Å². The first-order valence-electron chi connectivity index (χ1n) is 6.64. The molecular weight excluding hydrogens is 224 g/mol. The van der Waals surface area contributed by atoms with Gasteiger partial charge in [-0.3, -0.25) is 0 Å². The fourth-order valence-electron chi connectivity index (χ4n) is 2.92. The van der Waals surface area contributed by atoms with Gasteiger partial charge in [0.2, 0.25) is 0 Å². The van der Waals surface area contributed by atoms with Crippen molar-refractivity contribution in [1.29, 1.82) is 5.26 Å². The zero-order valence-corrected chi connectivity index (χ0v) is 10.4. The Morgan fingerprint density at radius 3 is 2.83 bits per heavy atom. The van der Waals surface area contributed by atoms with Gasteiger partial charge in [-0.15, -0.1) is 0 Å². The Balaban J connectivity index is 1.92. The highest BCUT2D eigenvalue weighted by molar-refractivity contribution is 5.74. The molecule has 0 spiro atoms. The lowest BCUT2D eigenvalue weighted by Gasteiger charge is -2.40. The molecule has 4 heteroatoms. The zero-order chi connectivity index (χ0) is 12.4. The second-order valence-corrected chi connectivity index (χ2v) is 4.95. The third-order valence-corrected chi connectivity index (χ3v) is 3.85.